The van der Waals surface area contributed by atoms with Crippen LogP contribution in [0.25, 0.3) is 6.08 Å². The largest absolute Gasteiger partial charge is 0.508 e. The highest BCUT2D eigenvalue weighted by Crippen LogP contribution is 2.23. The van der Waals surface area contributed by atoms with Crippen LogP contribution in [0.5, 0.6) is 5.75 Å². The Kier molecular flexibility index (Phi) is 6.73. The van der Waals surface area contributed by atoms with Crippen molar-refractivity contribution in [3.05, 3.63) is 108 Å². The Morgan fingerprint density at radius 2 is 1.42 bits per heavy atom. The van der Waals surface area contributed by atoms with Crippen LogP contribution >= 0.6 is 0 Å². The molecule has 0 unspecified atom stereocenters. The van der Waals surface area contributed by atoms with Crippen molar-refractivity contribution in [3.63, 3.8) is 0 Å². The summed E-state index contributed by atoms with van der Waals surface area (Å²) >= 11 is 0. The Morgan fingerprint density at radius 3 is 2.12 bits per heavy atom. The van der Waals surface area contributed by atoms with Gasteiger partial charge in [0.2, 0.25) is 0 Å². The quantitative estimate of drug-likeness (QED) is 0.173. The van der Waals surface area contributed by atoms with Gasteiger partial charge in [-0.3, -0.25) is 4.79 Å². The molecule has 4 rings (SSSR count). The Labute approximate surface area is 191 Å². The van der Waals surface area contributed by atoms with Crippen LogP contribution in [0, 0.1) is 0 Å². The number of phenolic OH excluding ortho intramolecular Hbond substituents is 1. The highest BCUT2D eigenvalue weighted by molar-refractivity contribution is 6.10. The third kappa shape index (κ3) is 5.61. The van der Waals surface area contributed by atoms with Gasteiger partial charge in [0.1, 0.15) is 17.4 Å². The number of aliphatic hydroxyl groups is 1. The molecule has 2 aromatic carbocycles. The number of nitrogens with zero attached hydrogens (tertiary/aromatic N) is 2. The van der Waals surface area contributed by atoms with Crippen molar-refractivity contribution in [3.8, 4) is 5.75 Å². The number of aromatic hydroxyl groups is 1. The molecule has 2 aromatic heterocycles. The molecule has 7 heteroatoms. The fourth-order valence-corrected chi connectivity index (χ4v) is 3.13. The molecule has 4 aromatic rings. The number of aliphatic hydroxyl groups excluding tert-OH is 1. The first-order valence-corrected chi connectivity index (χ1v) is 10.3. The van der Waals surface area contributed by atoms with Crippen molar-refractivity contribution in [1.29, 1.82) is 0 Å². The maximum atomic E-state index is 13.0. The molecule has 0 aliphatic rings. The number of rotatable bonds is 8. The van der Waals surface area contributed by atoms with E-state index < -0.39 is 0 Å². The zero-order valence-electron chi connectivity index (χ0n) is 17.6. The number of ketones is 1. The summed E-state index contributed by atoms with van der Waals surface area (Å²) in [6.45, 7) is -0.0314. The van der Waals surface area contributed by atoms with Crippen molar-refractivity contribution < 1.29 is 15.0 Å². The number of carbonyl (C=O) groups excluding carboxylic acids is 1. The lowest BCUT2D eigenvalue weighted by atomic mass is 10.1. The van der Waals surface area contributed by atoms with Crippen LogP contribution in [0.2, 0.25) is 0 Å². The minimum absolute atomic E-state index is 0.0314. The fourth-order valence-electron chi connectivity index (χ4n) is 3.13. The van der Waals surface area contributed by atoms with E-state index in [-0.39, 0.29) is 18.1 Å². The van der Waals surface area contributed by atoms with E-state index >= 15 is 0 Å². The van der Waals surface area contributed by atoms with Crippen molar-refractivity contribution in [2.75, 3.05) is 10.6 Å². The highest BCUT2D eigenvalue weighted by atomic mass is 16.3. The van der Waals surface area contributed by atoms with Crippen LogP contribution in [0.3, 0.4) is 0 Å². The Balaban J connectivity index is 1.53. The molecule has 0 aliphatic heterocycles. The zero-order chi connectivity index (χ0) is 23.0. The first-order valence-electron chi connectivity index (χ1n) is 10.3. The van der Waals surface area contributed by atoms with Gasteiger partial charge in [-0.25, -0.2) is 9.97 Å². The number of benzene rings is 2. The number of aromatic nitrogens is 2. The van der Waals surface area contributed by atoms with Gasteiger partial charge in [0.25, 0.3) is 0 Å². The molecule has 0 saturated heterocycles. The second kappa shape index (κ2) is 10.2. The van der Waals surface area contributed by atoms with Crippen LogP contribution in [-0.4, -0.2) is 26.0 Å². The normalized spacial score (nSPS) is 10.8. The summed E-state index contributed by atoms with van der Waals surface area (Å²) in [5, 5.41) is 25.0. The summed E-state index contributed by atoms with van der Waals surface area (Å²) in [6.07, 6.45) is 6.46. The van der Waals surface area contributed by atoms with Gasteiger partial charge in [-0.15, -0.1) is 0 Å². The van der Waals surface area contributed by atoms with Crippen LogP contribution < -0.4 is 10.6 Å². The van der Waals surface area contributed by atoms with Gasteiger partial charge in [-0.2, -0.15) is 0 Å². The van der Waals surface area contributed by atoms with Gasteiger partial charge in [0, 0.05) is 29.3 Å². The second-order valence-electron chi connectivity index (χ2n) is 7.19. The number of nitrogens with one attached hydrogen (secondary N) is 2. The van der Waals surface area contributed by atoms with Crippen LogP contribution in [0.1, 0.15) is 21.5 Å². The number of allylic oxidation sites excluding steroid dienone is 1. The molecule has 0 fully saturated rings. The lowest BCUT2D eigenvalue weighted by molar-refractivity contribution is 0.104. The number of hydrogen-bond acceptors (Lipinski definition) is 7. The molecule has 0 aliphatic carbocycles. The number of pyridine rings is 2. The maximum Gasteiger partial charge on any atom is 0.189 e. The van der Waals surface area contributed by atoms with Crippen molar-refractivity contribution >= 4 is 34.9 Å². The minimum Gasteiger partial charge on any atom is -0.508 e. The molecule has 2 heterocycles. The van der Waals surface area contributed by atoms with E-state index in [4.69, 9.17) is 0 Å². The number of carbonyl (C=O) groups is 1. The molecule has 164 valence electrons. The first kappa shape index (κ1) is 21.7. The molecular formula is C26H22N4O3. The maximum absolute atomic E-state index is 13.0. The predicted octanol–water partition coefficient (Wildman–Crippen LogP) is 5.06. The SMILES string of the molecule is O=C(C=Cc1cccnc1Nc1ccc(O)cc1)c1cccnc1Nc1ccc(CO)cc1. The summed E-state index contributed by atoms with van der Waals surface area (Å²) in [6, 6.07) is 21.0. The molecule has 4 N–H and O–H groups in total. The monoisotopic (exact) mass is 438 g/mol. The average molecular weight is 438 g/mol. The topological polar surface area (TPSA) is 107 Å². The number of phenols is 1. The molecule has 7 nitrogen and oxygen atoms in total. The summed E-state index contributed by atoms with van der Waals surface area (Å²) in [7, 11) is 0. The number of anilines is 4. The van der Waals surface area contributed by atoms with Gasteiger partial charge in [0.15, 0.2) is 5.78 Å². The third-order valence-corrected chi connectivity index (χ3v) is 4.86. The molecule has 0 spiro atoms. The van der Waals surface area contributed by atoms with Gasteiger partial charge >= 0.3 is 0 Å². The standard InChI is InChI=1S/C26H22N4O3/c31-17-18-5-8-20(9-6-18)30-26-23(4-2-16-28-26)24(33)14-7-19-3-1-15-27-25(19)29-21-10-12-22(32)13-11-21/h1-16,31-32H,17H2,(H,27,29)(H,28,30). The van der Waals surface area contributed by atoms with E-state index in [0.717, 1.165) is 22.5 Å². The third-order valence-electron chi connectivity index (χ3n) is 4.86. The lowest BCUT2D eigenvalue weighted by Crippen LogP contribution is -2.03. The van der Waals surface area contributed by atoms with E-state index in [1.807, 2.05) is 18.2 Å². The molecule has 0 bridgehead atoms. The van der Waals surface area contributed by atoms with Crippen molar-refractivity contribution in [1.82, 2.24) is 9.97 Å². The molecule has 0 atom stereocenters. The van der Waals surface area contributed by atoms with Crippen LogP contribution in [0.4, 0.5) is 23.0 Å². The molecule has 33 heavy (non-hydrogen) atoms. The molecule has 0 saturated carbocycles. The second-order valence-corrected chi connectivity index (χ2v) is 7.19. The Bertz CT molecular complexity index is 1270. The Hall–Kier alpha value is -4.49. The van der Waals surface area contributed by atoms with E-state index in [2.05, 4.69) is 20.6 Å². The van der Waals surface area contributed by atoms with Crippen LogP contribution in [-0.2, 0) is 6.61 Å². The van der Waals surface area contributed by atoms with Gasteiger partial charge in [-0.1, -0.05) is 12.1 Å². The molecule has 0 radical (unpaired) electrons. The van der Waals surface area contributed by atoms with Crippen molar-refractivity contribution in [2.45, 2.75) is 6.61 Å². The summed E-state index contributed by atoms with van der Waals surface area (Å²) < 4.78 is 0. The summed E-state index contributed by atoms with van der Waals surface area (Å²) in [5.41, 5.74) is 3.48. The molecule has 0 amide bonds. The molecular weight excluding hydrogens is 416 g/mol. The van der Waals surface area contributed by atoms with Gasteiger partial charge in [0.05, 0.1) is 12.2 Å². The lowest BCUT2D eigenvalue weighted by Gasteiger charge is -2.10. The Morgan fingerprint density at radius 1 is 0.818 bits per heavy atom. The van der Waals surface area contributed by atoms with E-state index in [0.29, 0.717) is 17.2 Å². The van der Waals surface area contributed by atoms with E-state index in [9.17, 15) is 15.0 Å². The minimum atomic E-state index is -0.211. The number of hydrogen-bond donors (Lipinski definition) is 4. The van der Waals surface area contributed by atoms with Gasteiger partial charge in [-0.05, 0) is 78.4 Å². The smallest absolute Gasteiger partial charge is 0.189 e. The average Bonchev–Trinajstić information content (AvgIpc) is 2.85. The predicted molar refractivity (Wildman–Crippen MR) is 129 cm³/mol. The van der Waals surface area contributed by atoms with E-state index in [1.54, 1.807) is 73.1 Å². The van der Waals surface area contributed by atoms with Crippen molar-refractivity contribution in [2.24, 2.45) is 0 Å². The first-order chi connectivity index (χ1) is 16.1. The fraction of sp³-hybridized carbons (Fsp3) is 0.0385. The highest BCUT2D eigenvalue weighted by Gasteiger charge is 2.11. The van der Waals surface area contributed by atoms with Crippen LogP contribution in [0.15, 0.2) is 91.3 Å². The summed E-state index contributed by atoms with van der Waals surface area (Å²) in [5.74, 6) is 0.993. The van der Waals surface area contributed by atoms with Gasteiger partial charge < -0.3 is 20.8 Å². The zero-order valence-corrected chi connectivity index (χ0v) is 17.6. The van der Waals surface area contributed by atoms with E-state index in [1.165, 1.54) is 6.08 Å². The summed E-state index contributed by atoms with van der Waals surface area (Å²) in [4.78, 5) is 21.6.